The van der Waals surface area contributed by atoms with Gasteiger partial charge in [0.15, 0.2) is 5.76 Å². The molecule has 0 unspecified atom stereocenters. The van der Waals surface area contributed by atoms with Gasteiger partial charge in [0.1, 0.15) is 5.82 Å². The van der Waals surface area contributed by atoms with E-state index in [1.807, 2.05) is 10.8 Å². The second-order valence-corrected chi connectivity index (χ2v) is 7.62. The molecule has 6 nitrogen and oxygen atoms in total. The average molecular weight is 411 g/mol. The lowest BCUT2D eigenvalue weighted by Crippen LogP contribution is -2.32. The molecule has 1 amide bonds. The lowest BCUT2D eigenvalue weighted by Gasteiger charge is -2.27. The molecule has 1 N–H and O–H groups in total. The van der Waals surface area contributed by atoms with Crippen molar-refractivity contribution >= 4 is 23.0 Å². The van der Waals surface area contributed by atoms with Gasteiger partial charge in [0.25, 0.3) is 5.91 Å². The zero-order valence-corrected chi connectivity index (χ0v) is 16.2. The standard InChI is InChI=1S/C21H18FN3O3S/c22-15-6-4-14(5-7-15)18-17(19(26)16-3-1-12-29-16)20(27)21(28)25(18)10-2-9-24-11-8-23-13-24/h1,3-8,11-13,18,27H,2,9-10H2/t18-/m1/s1. The molecule has 29 heavy (non-hydrogen) atoms. The molecule has 0 bridgehead atoms. The molecule has 2 aromatic heterocycles. The summed E-state index contributed by atoms with van der Waals surface area (Å²) in [6.45, 7) is 0.958. The number of imidazole rings is 1. The highest BCUT2D eigenvalue weighted by Crippen LogP contribution is 2.39. The summed E-state index contributed by atoms with van der Waals surface area (Å²) in [5.41, 5.74) is 0.609. The average Bonchev–Trinajstić information content (AvgIpc) is 3.47. The number of carbonyl (C=O) groups excluding carboxylic acids is 2. The fourth-order valence-corrected chi connectivity index (χ4v) is 4.17. The minimum absolute atomic E-state index is 0.0340. The van der Waals surface area contributed by atoms with Crippen LogP contribution >= 0.6 is 11.3 Å². The smallest absolute Gasteiger partial charge is 0.290 e. The van der Waals surface area contributed by atoms with E-state index in [9.17, 15) is 19.1 Å². The molecule has 0 spiro atoms. The van der Waals surface area contributed by atoms with Gasteiger partial charge in [-0.15, -0.1) is 11.3 Å². The van der Waals surface area contributed by atoms with Crippen LogP contribution in [0.2, 0.25) is 0 Å². The molecule has 0 fully saturated rings. The maximum atomic E-state index is 13.4. The summed E-state index contributed by atoms with van der Waals surface area (Å²) < 4.78 is 15.3. The third-order valence-corrected chi connectivity index (χ3v) is 5.72. The molecule has 1 atom stereocenters. The monoisotopic (exact) mass is 411 g/mol. The van der Waals surface area contributed by atoms with Crippen molar-refractivity contribution in [2.24, 2.45) is 0 Å². The second-order valence-electron chi connectivity index (χ2n) is 6.68. The first kappa shape index (κ1) is 19.1. The summed E-state index contributed by atoms with van der Waals surface area (Å²) in [5.74, 6) is -1.94. The Morgan fingerprint density at radius 2 is 2.00 bits per heavy atom. The highest BCUT2D eigenvalue weighted by molar-refractivity contribution is 7.12. The molecule has 1 aliphatic heterocycles. The summed E-state index contributed by atoms with van der Waals surface area (Å²) in [7, 11) is 0. The van der Waals surface area contributed by atoms with Gasteiger partial charge in [-0.25, -0.2) is 9.37 Å². The number of benzene rings is 1. The number of halogens is 1. The maximum absolute atomic E-state index is 13.4. The Kier molecular flexibility index (Phi) is 5.26. The fourth-order valence-electron chi connectivity index (χ4n) is 3.49. The van der Waals surface area contributed by atoms with Gasteiger partial charge in [0.2, 0.25) is 5.78 Å². The lowest BCUT2D eigenvalue weighted by molar-refractivity contribution is -0.129. The van der Waals surface area contributed by atoms with E-state index in [1.54, 1.807) is 30.0 Å². The van der Waals surface area contributed by atoms with Crippen LogP contribution < -0.4 is 0 Å². The molecule has 1 aliphatic rings. The van der Waals surface area contributed by atoms with Gasteiger partial charge in [0.05, 0.1) is 22.8 Å². The molecule has 4 rings (SSSR count). The molecular weight excluding hydrogens is 393 g/mol. The van der Waals surface area contributed by atoms with Gasteiger partial charge < -0.3 is 14.6 Å². The first-order valence-corrected chi connectivity index (χ1v) is 9.97. The van der Waals surface area contributed by atoms with Crippen LogP contribution in [-0.4, -0.2) is 37.8 Å². The quantitative estimate of drug-likeness (QED) is 0.601. The molecule has 1 aromatic carbocycles. The third kappa shape index (κ3) is 3.71. The van der Waals surface area contributed by atoms with E-state index < -0.39 is 29.3 Å². The van der Waals surface area contributed by atoms with E-state index in [4.69, 9.17) is 0 Å². The van der Waals surface area contributed by atoms with E-state index in [2.05, 4.69) is 4.98 Å². The van der Waals surface area contributed by atoms with Crippen molar-refractivity contribution in [1.82, 2.24) is 14.5 Å². The molecule has 8 heteroatoms. The predicted molar refractivity (Wildman–Crippen MR) is 106 cm³/mol. The van der Waals surface area contributed by atoms with Gasteiger partial charge in [0, 0.05) is 25.5 Å². The highest BCUT2D eigenvalue weighted by atomic mass is 32.1. The van der Waals surface area contributed by atoms with Crippen LogP contribution in [0, 0.1) is 5.82 Å². The van der Waals surface area contributed by atoms with Crippen molar-refractivity contribution in [1.29, 1.82) is 0 Å². The van der Waals surface area contributed by atoms with E-state index in [0.717, 1.165) is 0 Å². The van der Waals surface area contributed by atoms with Gasteiger partial charge >= 0.3 is 0 Å². The Morgan fingerprint density at radius 1 is 1.21 bits per heavy atom. The maximum Gasteiger partial charge on any atom is 0.290 e. The number of aliphatic hydroxyl groups is 1. The summed E-state index contributed by atoms with van der Waals surface area (Å²) in [6.07, 6.45) is 5.79. The minimum atomic E-state index is -0.763. The van der Waals surface area contributed by atoms with Gasteiger partial charge in [-0.3, -0.25) is 9.59 Å². The van der Waals surface area contributed by atoms with Crippen LogP contribution in [0.1, 0.15) is 27.7 Å². The number of Topliss-reactive ketones (excluding diaryl/α,β-unsaturated/α-hetero) is 1. The molecule has 0 aliphatic carbocycles. The number of hydrogen-bond donors (Lipinski definition) is 1. The number of nitrogens with zero attached hydrogens (tertiary/aromatic N) is 3. The van der Waals surface area contributed by atoms with Crippen molar-refractivity contribution in [2.45, 2.75) is 19.0 Å². The number of aryl methyl sites for hydroxylation is 1. The first-order valence-electron chi connectivity index (χ1n) is 9.10. The summed E-state index contributed by atoms with van der Waals surface area (Å²) in [5, 5.41) is 12.3. The Labute approximate surface area is 170 Å². The van der Waals surface area contributed by atoms with Crippen molar-refractivity contribution in [3.63, 3.8) is 0 Å². The number of aliphatic hydroxyl groups excluding tert-OH is 1. The van der Waals surface area contributed by atoms with E-state index >= 15 is 0 Å². The Hall–Kier alpha value is -3.26. The third-order valence-electron chi connectivity index (χ3n) is 4.85. The van der Waals surface area contributed by atoms with Crippen molar-refractivity contribution in [2.75, 3.05) is 6.54 Å². The minimum Gasteiger partial charge on any atom is -0.503 e. The molecular formula is C21H18FN3O3S. The van der Waals surface area contributed by atoms with Crippen LogP contribution in [0.25, 0.3) is 0 Å². The topological polar surface area (TPSA) is 75.4 Å². The largest absolute Gasteiger partial charge is 0.503 e. The number of amides is 1. The molecule has 148 valence electrons. The van der Waals surface area contributed by atoms with Crippen molar-refractivity contribution in [3.8, 4) is 0 Å². The Morgan fingerprint density at radius 3 is 2.66 bits per heavy atom. The number of carbonyl (C=O) groups is 2. The summed E-state index contributed by atoms with van der Waals surface area (Å²) in [4.78, 5) is 31.8. The number of hydrogen-bond acceptors (Lipinski definition) is 5. The van der Waals surface area contributed by atoms with Crippen LogP contribution in [-0.2, 0) is 11.3 Å². The summed E-state index contributed by atoms with van der Waals surface area (Å²) in [6, 6.07) is 8.27. The van der Waals surface area contributed by atoms with Crippen LogP contribution in [0.4, 0.5) is 4.39 Å². The fraction of sp³-hybridized carbons (Fsp3) is 0.190. The molecule has 3 heterocycles. The van der Waals surface area contributed by atoms with Crippen molar-refractivity contribution < 1.29 is 19.1 Å². The zero-order chi connectivity index (χ0) is 20.4. The van der Waals surface area contributed by atoms with Gasteiger partial charge in [-0.2, -0.15) is 0 Å². The SMILES string of the molecule is O=C(C1=C(O)C(=O)N(CCCn2ccnc2)[C@@H]1c1ccc(F)cc1)c1cccs1. The van der Waals surface area contributed by atoms with Crippen LogP contribution in [0.5, 0.6) is 0 Å². The zero-order valence-electron chi connectivity index (χ0n) is 15.4. The number of aromatic nitrogens is 2. The van der Waals surface area contributed by atoms with Crippen molar-refractivity contribution in [3.05, 3.63) is 88.1 Å². The van der Waals surface area contributed by atoms with E-state index in [0.29, 0.717) is 30.0 Å². The predicted octanol–water partition coefficient (Wildman–Crippen LogP) is 3.75. The highest BCUT2D eigenvalue weighted by Gasteiger charge is 2.43. The first-order chi connectivity index (χ1) is 14.1. The number of thiophene rings is 1. The van der Waals surface area contributed by atoms with Crippen LogP contribution in [0.15, 0.2) is 71.8 Å². The number of rotatable bonds is 7. The summed E-state index contributed by atoms with van der Waals surface area (Å²) >= 11 is 1.24. The normalized spacial score (nSPS) is 16.7. The molecule has 0 saturated carbocycles. The Bertz CT molecular complexity index is 1040. The van der Waals surface area contributed by atoms with E-state index in [-0.39, 0.29) is 5.57 Å². The molecule has 0 radical (unpaired) electrons. The second kappa shape index (κ2) is 8.00. The lowest BCUT2D eigenvalue weighted by atomic mass is 9.95. The molecule has 0 saturated heterocycles. The Balaban J connectivity index is 1.66. The molecule has 3 aromatic rings. The van der Waals surface area contributed by atoms with E-state index in [1.165, 1.54) is 40.5 Å². The van der Waals surface area contributed by atoms with Gasteiger partial charge in [-0.1, -0.05) is 18.2 Å². The van der Waals surface area contributed by atoms with Crippen LogP contribution in [0.3, 0.4) is 0 Å². The van der Waals surface area contributed by atoms with Gasteiger partial charge in [-0.05, 0) is 35.6 Å². The number of ketones is 1.